The Morgan fingerprint density at radius 1 is 0.846 bits per heavy atom. The highest BCUT2D eigenvalue weighted by Crippen LogP contribution is 2.44. The summed E-state index contributed by atoms with van der Waals surface area (Å²) in [7, 11) is -6.12. The number of hydrogen-bond acceptors (Lipinski definition) is 4. The first-order valence-electron chi connectivity index (χ1n) is 7.88. The number of nitrogens with one attached hydrogen (secondary N) is 1. The van der Waals surface area contributed by atoms with E-state index in [4.69, 9.17) is 0 Å². The van der Waals surface area contributed by atoms with Crippen LogP contribution in [-0.4, -0.2) is 20.0 Å². The summed E-state index contributed by atoms with van der Waals surface area (Å²) in [6.07, 6.45) is 0. The predicted molar refractivity (Wildman–Crippen MR) is 105 cm³/mol. The predicted octanol–water partition coefficient (Wildman–Crippen LogP) is 2.61. The first-order valence-corrected chi connectivity index (χ1v) is 11.0. The van der Waals surface area contributed by atoms with Crippen molar-refractivity contribution in [2.24, 2.45) is 0 Å². The Hall–Kier alpha value is -2.40. The summed E-state index contributed by atoms with van der Waals surface area (Å²) in [5.74, 6) is 0. The minimum absolute atomic E-state index is 0.293. The van der Waals surface area contributed by atoms with Crippen molar-refractivity contribution < 1.29 is 17.5 Å². The van der Waals surface area contributed by atoms with Crippen LogP contribution in [0.25, 0.3) is 0 Å². The fourth-order valence-corrected chi connectivity index (χ4v) is 6.33. The summed E-state index contributed by atoms with van der Waals surface area (Å²) in [6, 6.07) is 21.9. The summed E-state index contributed by atoms with van der Waals surface area (Å²) >= 11 is 0. The maximum Gasteiger partial charge on any atom is 0.294 e. The smallest absolute Gasteiger partial charge is 0.294 e. The third-order valence-corrected chi connectivity index (χ3v) is 8.06. The van der Waals surface area contributed by atoms with Gasteiger partial charge in [0.05, 0.1) is 4.90 Å². The van der Waals surface area contributed by atoms with Gasteiger partial charge >= 0.3 is 0 Å². The number of anilines is 1. The van der Waals surface area contributed by atoms with Crippen LogP contribution in [0.3, 0.4) is 0 Å². The van der Waals surface area contributed by atoms with Gasteiger partial charge in [0.25, 0.3) is 10.1 Å². The van der Waals surface area contributed by atoms with Crippen LogP contribution in [0.5, 0.6) is 0 Å². The van der Waals surface area contributed by atoms with Crippen LogP contribution in [0.4, 0.5) is 5.69 Å². The van der Waals surface area contributed by atoms with Gasteiger partial charge in [0.2, 0.25) is 0 Å². The van der Waals surface area contributed by atoms with Gasteiger partial charge in [-0.25, -0.2) is 0 Å². The van der Waals surface area contributed by atoms with E-state index in [-0.39, 0.29) is 4.90 Å². The van der Waals surface area contributed by atoms with E-state index in [0.717, 1.165) is 0 Å². The molecule has 0 spiro atoms. The van der Waals surface area contributed by atoms with E-state index in [1.165, 1.54) is 18.2 Å². The molecule has 0 fully saturated rings. The molecule has 0 saturated heterocycles. The molecule has 134 valence electrons. The highest BCUT2D eigenvalue weighted by molar-refractivity contribution is 7.86. The van der Waals surface area contributed by atoms with Gasteiger partial charge in [-0.1, -0.05) is 60.7 Å². The Balaban J connectivity index is 2.39. The molecule has 2 N–H and O–H groups in total. The third kappa shape index (κ3) is 3.31. The molecule has 0 saturated carbocycles. The molecule has 3 rings (SSSR count). The first kappa shape index (κ1) is 18.4. The lowest BCUT2D eigenvalue weighted by molar-refractivity contribution is 0.483. The van der Waals surface area contributed by atoms with Crippen molar-refractivity contribution in [3.63, 3.8) is 0 Å². The number of rotatable bonds is 5. The average Bonchev–Trinajstić information content (AvgIpc) is 2.67. The molecule has 0 aromatic heterocycles. The summed E-state index contributed by atoms with van der Waals surface area (Å²) in [4.78, 5) is -0.293. The Labute approximate surface area is 152 Å². The van der Waals surface area contributed by atoms with Crippen molar-refractivity contribution in [3.05, 3.63) is 78.9 Å². The van der Waals surface area contributed by atoms with E-state index in [1.807, 2.05) is 12.1 Å². The van der Waals surface area contributed by atoms with Gasteiger partial charge in [0, 0.05) is 28.6 Å². The van der Waals surface area contributed by atoms with Gasteiger partial charge < -0.3 is 9.88 Å². The van der Waals surface area contributed by atoms with Gasteiger partial charge in [-0.15, -0.1) is 0 Å². The van der Waals surface area contributed by atoms with Gasteiger partial charge in [-0.2, -0.15) is 8.42 Å². The normalized spacial score (nSPS) is 11.9. The zero-order valence-corrected chi connectivity index (χ0v) is 15.7. The highest BCUT2D eigenvalue weighted by atomic mass is 32.2. The Morgan fingerprint density at radius 2 is 1.35 bits per heavy atom. The molecule has 0 radical (unpaired) electrons. The second-order valence-corrected chi connectivity index (χ2v) is 9.84. The van der Waals surface area contributed by atoms with E-state index in [9.17, 15) is 17.5 Å². The molecule has 0 unspecified atom stereocenters. The van der Waals surface area contributed by atoms with E-state index in [2.05, 4.69) is 5.32 Å². The zero-order valence-electron chi connectivity index (χ0n) is 14.0. The monoisotopic (exact) mass is 387 g/mol. The molecular formula is C19H18NO4PS. The maximum absolute atomic E-state index is 14.4. The van der Waals surface area contributed by atoms with Crippen molar-refractivity contribution in [1.82, 2.24) is 0 Å². The van der Waals surface area contributed by atoms with Crippen LogP contribution >= 0.6 is 7.14 Å². The van der Waals surface area contributed by atoms with Gasteiger partial charge in [-0.3, -0.25) is 4.55 Å². The van der Waals surface area contributed by atoms with E-state index < -0.39 is 17.3 Å². The summed E-state index contributed by atoms with van der Waals surface area (Å²) < 4.78 is 47.1. The van der Waals surface area contributed by atoms with E-state index in [0.29, 0.717) is 21.6 Å². The highest BCUT2D eigenvalue weighted by Gasteiger charge is 2.33. The topological polar surface area (TPSA) is 83.5 Å². The summed E-state index contributed by atoms with van der Waals surface area (Å²) in [5, 5.41) is 4.45. The summed E-state index contributed by atoms with van der Waals surface area (Å²) in [5.41, 5.74) is 0.536. The molecule has 3 aromatic rings. The van der Waals surface area contributed by atoms with Crippen molar-refractivity contribution in [2.45, 2.75) is 4.90 Å². The largest absolute Gasteiger partial charge is 0.387 e. The van der Waals surface area contributed by atoms with Crippen molar-refractivity contribution in [2.75, 3.05) is 12.4 Å². The number of hydrogen-bond donors (Lipinski definition) is 2. The molecule has 0 atom stereocenters. The quantitative estimate of drug-likeness (QED) is 0.519. The number of benzene rings is 3. The lowest BCUT2D eigenvalue weighted by Crippen LogP contribution is -2.27. The molecular weight excluding hydrogens is 369 g/mol. The Morgan fingerprint density at radius 3 is 1.77 bits per heavy atom. The second kappa shape index (κ2) is 7.08. The van der Waals surface area contributed by atoms with Crippen LogP contribution in [0, 0.1) is 0 Å². The standard InChI is InChI=1S/C19H18NO4PS/c1-20-18-13-12-17(26(22,23)24)14-19(18)25(21,15-8-4-2-5-9-15)16-10-6-3-7-11-16/h2-14,20H,1H3,(H,22,23,24). The van der Waals surface area contributed by atoms with Crippen LogP contribution in [-0.2, 0) is 14.7 Å². The summed E-state index contributed by atoms with van der Waals surface area (Å²) in [6.45, 7) is 0. The maximum atomic E-state index is 14.4. The third-order valence-electron chi connectivity index (χ3n) is 4.12. The van der Waals surface area contributed by atoms with Crippen LogP contribution in [0.1, 0.15) is 0 Å². The fraction of sp³-hybridized carbons (Fsp3) is 0.0526. The van der Waals surface area contributed by atoms with Crippen LogP contribution in [0.15, 0.2) is 83.8 Å². The first-order chi connectivity index (χ1) is 12.4. The molecule has 0 amide bonds. The second-order valence-electron chi connectivity index (χ2n) is 5.68. The van der Waals surface area contributed by atoms with Crippen LogP contribution in [0.2, 0.25) is 0 Å². The van der Waals surface area contributed by atoms with Gasteiger partial charge in [-0.05, 0) is 18.2 Å². The van der Waals surface area contributed by atoms with Crippen molar-refractivity contribution >= 4 is 38.9 Å². The van der Waals surface area contributed by atoms with E-state index in [1.54, 1.807) is 55.6 Å². The Bertz CT molecular complexity index is 1020. The molecule has 0 aliphatic rings. The molecule has 5 nitrogen and oxygen atoms in total. The lowest BCUT2D eigenvalue weighted by atomic mass is 10.3. The van der Waals surface area contributed by atoms with Crippen molar-refractivity contribution in [1.29, 1.82) is 0 Å². The minimum Gasteiger partial charge on any atom is -0.387 e. The zero-order chi connectivity index (χ0) is 18.8. The SMILES string of the molecule is CNc1ccc(S(=O)(=O)O)cc1P(=O)(c1ccccc1)c1ccccc1. The molecule has 0 bridgehead atoms. The van der Waals surface area contributed by atoms with Gasteiger partial charge in [0.1, 0.15) is 0 Å². The molecule has 0 heterocycles. The fourth-order valence-electron chi connectivity index (χ4n) is 2.85. The van der Waals surface area contributed by atoms with Crippen molar-refractivity contribution in [3.8, 4) is 0 Å². The average molecular weight is 387 g/mol. The van der Waals surface area contributed by atoms with Gasteiger partial charge in [0.15, 0.2) is 7.14 Å². The van der Waals surface area contributed by atoms with Crippen LogP contribution < -0.4 is 21.2 Å². The molecule has 26 heavy (non-hydrogen) atoms. The molecule has 0 aliphatic carbocycles. The minimum atomic E-state index is -4.42. The molecule has 3 aromatic carbocycles. The molecule has 7 heteroatoms. The van der Waals surface area contributed by atoms with E-state index >= 15 is 0 Å². The lowest BCUT2D eigenvalue weighted by Gasteiger charge is -2.23. The Kier molecular flexibility index (Phi) is 5.01. The molecule has 0 aliphatic heterocycles.